The molecule has 1 heterocycles. The van der Waals surface area contributed by atoms with Crippen LogP contribution in [0.15, 0.2) is 0 Å². The first-order chi connectivity index (χ1) is 10.2. The van der Waals surface area contributed by atoms with Gasteiger partial charge in [-0.25, -0.2) is 0 Å². The summed E-state index contributed by atoms with van der Waals surface area (Å²) < 4.78 is 5.52. The normalized spacial score (nSPS) is 30.4. The number of carbonyl (C=O) groups excluding carboxylic acids is 1. The Morgan fingerprint density at radius 1 is 1.05 bits per heavy atom. The SMILES string of the molecule is O=C(CCC1CCCO1)NC1CCCCCCC1C(=O)O. The van der Waals surface area contributed by atoms with Crippen LogP contribution in [0.2, 0.25) is 0 Å². The van der Waals surface area contributed by atoms with Crippen LogP contribution < -0.4 is 5.32 Å². The molecule has 0 aromatic rings. The first kappa shape index (κ1) is 16.3. The van der Waals surface area contributed by atoms with Crippen LogP contribution >= 0.6 is 0 Å². The summed E-state index contributed by atoms with van der Waals surface area (Å²) in [6.07, 6.45) is 9.14. The average Bonchev–Trinajstić information content (AvgIpc) is 2.92. The molecule has 0 bridgehead atoms. The standard InChI is InChI=1S/C16H27NO4/c18-15(10-9-12-6-5-11-21-12)17-14-8-4-2-1-3-7-13(14)16(19)20/h12-14H,1-11H2,(H,17,18)(H,19,20). The highest BCUT2D eigenvalue weighted by Gasteiger charge is 2.30. The molecule has 2 N–H and O–H groups in total. The molecule has 3 unspecified atom stereocenters. The monoisotopic (exact) mass is 297 g/mol. The van der Waals surface area contributed by atoms with Crippen molar-refractivity contribution in [3.63, 3.8) is 0 Å². The van der Waals surface area contributed by atoms with E-state index < -0.39 is 11.9 Å². The summed E-state index contributed by atoms with van der Waals surface area (Å²) in [6.45, 7) is 0.802. The molecule has 5 heteroatoms. The maximum atomic E-state index is 12.1. The lowest BCUT2D eigenvalue weighted by atomic mass is 9.86. The van der Waals surface area contributed by atoms with Crippen molar-refractivity contribution >= 4 is 11.9 Å². The van der Waals surface area contributed by atoms with Gasteiger partial charge >= 0.3 is 5.97 Å². The van der Waals surface area contributed by atoms with E-state index in [4.69, 9.17) is 4.74 Å². The van der Waals surface area contributed by atoms with Crippen molar-refractivity contribution in [1.29, 1.82) is 0 Å². The van der Waals surface area contributed by atoms with Gasteiger partial charge < -0.3 is 15.2 Å². The van der Waals surface area contributed by atoms with Crippen LogP contribution in [0.3, 0.4) is 0 Å². The topological polar surface area (TPSA) is 75.6 Å². The number of carbonyl (C=O) groups is 2. The Hall–Kier alpha value is -1.10. The molecule has 2 rings (SSSR count). The molecule has 3 atom stereocenters. The summed E-state index contributed by atoms with van der Waals surface area (Å²) in [5.41, 5.74) is 0. The predicted octanol–water partition coefficient (Wildman–Crippen LogP) is 2.49. The molecular formula is C16H27NO4. The lowest BCUT2D eigenvalue weighted by molar-refractivity contribution is -0.143. The van der Waals surface area contributed by atoms with E-state index in [2.05, 4.69) is 5.32 Å². The summed E-state index contributed by atoms with van der Waals surface area (Å²) in [5, 5.41) is 12.3. The zero-order valence-electron chi connectivity index (χ0n) is 12.7. The maximum Gasteiger partial charge on any atom is 0.308 e. The fourth-order valence-electron chi connectivity index (χ4n) is 3.40. The largest absolute Gasteiger partial charge is 0.481 e. The summed E-state index contributed by atoms with van der Waals surface area (Å²) in [5.74, 6) is -1.24. The fraction of sp³-hybridized carbons (Fsp3) is 0.875. The summed E-state index contributed by atoms with van der Waals surface area (Å²) in [7, 11) is 0. The third kappa shape index (κ3) is 5.30. The highest BCUT2D eigenvalue weighted by molar-refractivity contribution is 5.78. The van der Waals surface area contributed by atoms with Crippen molar-refractivity contribution in [2.75, 3.05) is 6.61 Å². The molecule has 21 heavy (non-hydrogen) atoms. The van der Waals surface area contributed by atoms with Crippen LogP contribution in [0.1, 0.15) is 64.2 Å². The van der Waals surface area contributed by atoms with Crippen molar-refractivity contribution in [2.45, 2.75) is 76.4 Å². The molecular weight excluding hydrogens is 270 g/mol. The highest BCUT2D eigenvalue weighted by atomic mass is 16.5. The number of carboxylic acid groups (broad SMARTS) is 1. The van der Waals surface area contributed by atoms with E-state index in [0.717, 1.165) is 58.0 Å². The Labute approximate surface area is 126 Å². The highest BCUT2D eigenvalue weighted by Crippen LogP contribution is 2.23. The van der Waals surface area contributed by atoms with Crippen molar-refractivity contribution in [3.8, 4) is 0 Å². The van der Waals surface area contributed by atoms with Gasteiger partial charge in [0.1, 0.15) is 0 Å². The average molecular weight is 297 g/mol. The van der Waals surface area contributed by atoms with Gasteiger partial charge in [-0.05, 0) is 32.1 Å². The Bertz CT molecular complexity index is 352. The maximum absolute atomic E-state index is 12.1. The molecule has 120 valence electrons. The third-order valence-corrected chi connectivity index (χ3v) is 4.65. The van der Waals surface area contributed by atoms with E-state index in [1.807, 2.05) is 0 Å². The number of rotatable bonds is 5. The molecule has 1 saturated carbocycles. The van der Waals surface area contributed by atoms with Gasteiger partial charge in [-0.2, -0.15) is 0 Å². The second kappa shape index (κ2) is 8.37. The number of hydrogen-bond acceptors (Lipinski definition) is 3. The number of amides is 1. The van der Waals surface area contributed by atoms with Gasteiger partial charge in [0.05, 0.1) is 12.0 Å². The van der Waals surface area contributed by atoms with E-state index in [0.29, 0.717) is 12.8 Å². The molecule has 0 aromatic carbocycles. The van der Waals surface area contributed by atoms with Gasteiger partial charge in [-0.3, -0.25) is 9.59 Å². The molecule has 0 spiro atoms. The quantitative estimate of drug-likeness (QED) is 0.817. The van der Waals surface area contributed by atoms with Crippen molar-refractivity contribution in [2.24, 2.45) is 5.92 Å². The van der Waals surface area contributed by atoms with Crippen molar-refractivity contribution < 1.29 is 19.4 Å². The first-order valence-electron chi connectivity index (χ1n) is 8.30. The van der Waals surface area contributed by atoms with E-state index in [1.54, 1.807) is 0 Å². The number of hydrogen-bond donors (Lipinski definition) is 2. The molecule has 2 aliphatic rings. The second-order valence-electron chi connectivity index (χ2n) is 6.28. The van der Waals surface area contributed by atoms with E-state index in [-0.39, 0.29) is 18.1 Å². The van der Waals surface area contributed by atoms with Crippen LogP contribution in [0.5, 0.6) is 0 Å². The van der Waals surface area contributed by atoms with Gasteiger partial charge in [-0.15, -0.1) is 0 Å². The summed E-state index contributed by atoms with van der Waals surface area (Å²) in [4.78, 5) is 23.5. The lowest BCUT2D eigenvalue weighted by Gasteiger charge is -2.27. The Balaban J connectivity index is 1.81. The Morgan fingerprint density at radius 2 is 1.81 bits per heavy atom. The van der Waals surface area contributed by atoms with Crippen molar-refractivity contribution in [3.05, 3.63) is 0 Å². The molecule has 1 aliphatic heterocycles. The van der Waals surface area contributed by atoms with Crippen LogP contribution in [0.25, 0.3) is 0 Å². The predicted molar refractivity (Wildman–Crippen MR) is 79.0 cm³/mol. The summed E-state index contributed by atoms with van der Waals surface area (Å²) >= 11 is 0. The molecule has 5 nitrogen and oxygen atoms in total. The minimum atomic E-state index is -0.777. The number of carboxylic acids is 1. The fourth-order valence-corrected chi connectivity index (χ4v) is 3.40. The van der Waals surface area contributed by atoms with Crippen LogP contribution in [0.4, 0.5) is 0 Å². The van der Waals surface area contributed by atoms with E-state index in [9.17, 15) is 14.7 Å². The van der Waals surface area contributed by atoms with Gasteiger partial charge in [0.2, 0.25) is 5.91 Å². The van der Waals surface area contributed by atoms with Gasteiger partial charge in [0.25, 0.3) is 0 Å². The van der Waals surface area contributed by atoms with Crippen molar-refractivity contribution in [1.82, 2.24) is 5.32 Å². The third-order valence-electron chi connectivity index (χ3n) is 4.65. The second-order valence-corrected chi connectivity index (χ2v) is 6.28. The van der Waals surface area contributed by atoms with E-state index in [1.165, 1.54) is 0 Å². The van der Waals surface area contributed by atoms with Gasteiger partial charge in [0.15, 0.2) is 0 Å². The molecule has 1 aliphatic carbocycles. The summed E-state index contributed by atoms with van der Waals surface area (Å²) in [6, 6.07) is -0.209. The molecule has 1 saturated heterocycles. The molecule has 0 aromatic heterocycles. The zero-order chi connectivity index (χ0) is 15.1. The Morgan fingerprint density at radius 3 is 2.48 bits per heavy atom. The molecule has 0 radical (unpaired) electrons. The van der Waals surface area contributed by atoms with Crippen LogP contribution in [0, 0.1) is 5.92 Å². The minimum Gasteiger partial charge on any atom is -0.481 e. The molecule has 2 fully saturated rings. The lowest BCUT2D eigenvalue weighted by Crippen LogP contribution is -2.44. The number of aliphatic carboxylic acids is 1. The number of nitrogens with one attached hydrogen (secondary N) is 1. The first-order valence-corrected chi connectivity index (χ1v) is 8.30. The van der Waals surface area contributed by atoms with Gasteiger partial charge in [0, 0.05) is 19.1 Å². The van der Waals surface area contributed by atoms with Crippen LogP contribution in [-0.4, -0.2) is 35.7 Å². The molecule has 1 amide bonds. The van der Waals surface area contributed by atoms with Gasteiger partial charge in [-0.1, -0.05) is 25.7 Å². The smallest absolute Gasteiger partial charge is 0.308 e. The minimum absolute atomic E-state index is 0.0256. The van der Waals surface area contributed by atoms with Crippen LogP contribution in [-0.2, 0) is 14.3 Å². The zero-order valence-corrected chi connectivity index (χ0v) is 12.7. The van der Waals surface area contributed by atoms with E-state index >= 15 is 0 Å². The number of ether oxygens (including phenoxy) is 1. The Kier molecular flexibility index (Phi) is 6.49.